The Bertz CT molecular complexity index is 1080. The lowest BCUT2D eigenvalue weighted by Crippen LogP contribution is -2.54. The summed E-state index contributed by atoms with van der Waals surface area (Å²) >= 11 is 0. The van der Waals surface area contributed by atoms with E-state index in [0.717, 1.165) is 18.4 Å². The van der Waals surface area contributed by atoms with Gasteiger partial charge < -0.3 is 10.1 Å². The Morgan fingerprint density at radius 3 is 2.56 bits per heavy atom. The minimum absolute atomic E-state index is 0.123. The molecule has 2 unspecified atom stereocenters. The quantitative estimate of drug-likeness (QED) is 0.622. The molecular weight excluding hydrogens is 330 g/mol. The molecule has 2 N–H and O–H groups in total. The van der Waals surface area contributed by atoms with Crippen LogP contribution < -0.4 is 0 Å². The Morgan fingerprint density at radius 2 is 1.85 bits per heavy atom. The third-order valence-electron chi connectivity index (χ3n) is 7.85. The zero-order chi connectivity index (χ0) is 19.4. The minimum Gasteiger partial charge on any atom is -0.384 e. The van der Waals surface area contributed by atoms with Gasteiger partial charge in [0.2, 0.25) is 0 Å². The highest BCUT2D eigenvalue weighted by atomic mass is 16.3. The van der Waals surface area contributed by atoms with Crippen LogP contribution in [-0.4, -0.2) is 15.7 Å². The summed E-state index contributed by atoms with van der Waals surface area (Å²) in [6.45, 7) is 15.4. The Kier molecular flexibility index (Phi) is 2.95. The van der Waals surface area contributed by atoms with Crippen molar-refractivity contribution in [2.75, 3.05) is 0 Å². The van der Waals surface area contributed by atoms with E-state index in [1.165, 1.54) is 33.3 Å². The van der Waals surface area contributed by atoms with Gasteiger partial charge in [-0.15, -0.1) is 6.58 Å². The third kappa shape index (κ3) is 1.76. The van der Waals surface area contributed by atoms with Crippen LogP contribution in [0.1, 0.15) is 64.3 Å². The second-order valence-corrected chi connectivity index (χ2v) is 10.1. The van der Waals surface area contributed by atoms with Gasteiger partial charge in [0.25, 0.3) is 0 Å². The number of aromatic amines is 1. The average Bonchev–Trinajstić information content (AvgIpc) is 2.96. The van der Waals surface area contributed by atoms with Crippen molar-refractivity contribution >= 4 is 16.5 Å². The van der Waals surface area contributed by atoms with E-state index >= 15 is 0 Å². The average molecular weight is 360 g/mol. The number of H-pyrrole nitrogens is 1. The molecule has 1 aromatic carbocycles. The van der Waals surface area contributed by atoms with Crippen molar-refractivity contribution in [1.29, 1.82) is 0 Å². The summed E-state index contributed by atoms with van der Waals surface area (Å²) in [5.74, 6) is 0. The van der Waals surface area contributed by atoms with Crippen molar-refractivity contribution in [1.82, 2.24) is 4.98 Å². The molecule has 0 bridgehead atoms. The zero-order valence-corrected chi connectivity index (χ0v) is 17.0. The minimum atomic E-state index is -0.881. The summed E-state index contributed by atoms with van der Waals surface area (Å²) in [7, 11) is 0. The molecule has 0 radical (unpaired) electrons. The molecule has 2 nitrogen and oxygen atoms in total. The van der Waals surface area contributed by atoms with Crippen LogP contribution in [0.2, 0.25) is 0 Å². The zero-order valence-electron chi connectivity index (χ0n) is 17.0. The molecule has 140 valence electrons. The van der Waals surface area contributed by atoms with Crippen LogP contribution in [0.25, 0.3) is 16.5 Å². The second kappa shape index (κ2) is 4.67. The monoisotopic (exact) mass is 359 g/mol. The molecule has 1 aromatic heterocycles. The fraction of sp³-hybridized carbons (Fsp3) is 0.440. The number of rotatable bonds is 1. The van der Waals surface area contributed by atoms with Crippen molar-refractivity contribution in [2.24, 2.45) is 5.41 Å². The predicted octanol–water partition coefficient (Wildman–Crippen LogP) is 5.78. The molecule has 27 heavy (non-hydrogen) atoms. The van der Waals surface area contributed by atoms with Gasteiger partial charge in [-0.25, -0.2) is 0 Å². The number of allylic oxidation sites excluding steroid dienone is 4. The molecule has 2 aromatic rings. The van der Waals surface area contributed by atoms with Crippen LogP contribution in [0.5, 0.6) is 0 Å². The van der Waals surface area contributed by atoms with E-state index in [1.807, 2.05) is 0 Å². The third-order valence-corrected chi connectivity index (χ3v) is 7.85. The summed E-state index contributed by atoms with van der Waals surface area (Å²) in [4.78, 5) is 3.72. The largest absolute Gasteiger partial charge is 0.384 e. The lowest BCUT2D eigenvalue weighted by atomic mass is 9.52. The van der Waals surface area contributed by atoms with Crippen LogP contribution in [0.4, 0.5) is 0 Å². The maximum Gasteiger partial charge on any atom is 0.0997 e. The number of aromatic nitrogens is 1. The summed E-state index contributed by atoms with van der Waals surface area (Å²) in [5.41, 5.74) is 5.75. The maximum absolute atomic E-state index is 12.2. The Morgan fingerprint density at radius 1 is 1.11 bits per heavy atom. The van der Waals surface area contributed by atoms with Gasteiger partial charge in [0, 0.05) is 38.4 Å². The molecule has 5 rings (SSSR count). The van der Waals surface area contributed by atoms with Gasteiger partial charge in [-0.3, -0.25) is 0 Å². The molecule has 0 spiro atoms. The van der Waals surface area contributed by atoms with E-state index in [2.05, 4.69) is 82.6 Å². The summed E-state index contributed by atoms with van der Waals surface area (Å²) in [6.07, 6.45) is 8.30. The molecule has 1 heterocycles. The van der Waals surface area contributed by atoms with E-state index in [9.17, 15) is 5.11 Å². The van der Waals surface area contributed by atoms with E-state index in [-0.39, 0.29) is 16.2 Å². The highest BCUT2D eigenvalue weighted by molar-refractivity contribution is 6.04. The molecule has 0 amide bonds. The van der Waals surface area contributed by atoms with E-state index < -0.39 is 5.60 Å². The topological polar surface area (TPSA) is 36.0 Å². The SMILES string of the molecule is C=CC1(C)CCC2(O)C3=C1C=CC(C)(C)c1[nH]c4cccc(c4c13)C2(C)C. The van der Waals surface area contributed by atoms with E-state index in [1.54, 1.807) is 0 Å². The molecule has 3 aliphatic rings. The molecule has 0 saturated carbocycles. The van der Waals surface area contributed by atoms with Crippen LogP contribution in [0.3, 0.4) is 0 Å². The fourth-order valence-electron chi connectivity index (χ4n) is 5.76. The van der Waals surface area contributed by atoms with Crippen molar-refractivity contribution in [3.05, 3.63) is 65.4 Å². The highest BCUT2D eigenvalue weighted by Crippen LogP contribution is 2.63. The number of hydrogen-bond acceptors (Lipinski definition) is 1. The van der Waals surface area contributed by atoms with Gasteiger partial charge >= 0.3 is 0 Å². The van der Waals surface area contributed by atoms with Crippen LogP contribution in [-0.2, 0) is 10.8 Å². The van der Waals surface area contributed by atoms with Crippen molar-refractivity contribution in [3.8, 4) is 0 Å². The highest BCUT2D eigenvalue weighted by Gasteiger charge is 2.58. The fourth-order valence-corrected chi connectivity index (χ4v) is 5.76. The van der Waals surface area contributed by atoms with Gasteiger partial charge in [-0.1, -0.05) is 65.0 Å². The molecule has 2 heteroatoms. The summed E-state index contributed by atoms with van der Waals surface area (Å²) in [6, 6.07) is 6.49. The van der Waals surface area contributed by atoms with Gasteiger partial charge in [-0.05, 0) is 35.6 Å². The molecule has 0 fully saturated rings. The predicted molar refractivity (Wildman–Crippen MR) is 113 cm³/mol. The smallest absolute Gasteiger partial charge is 0.0997 e. The van der Waals surface area contributed by atoms with E-state index in [4.69, 9.17) is 0 Å². The molecule has 3 aliphatic carbocycles. The Labute approximate surface area is 161 Å². The first-order valence-corrected chi connectivity index (χ1v) is 10.0. The normalized spacial score (nSPS) is 32.5. The van der Waals surface area contributed by atoms with Crippen LogP contribution >= 0.6 is 0 Å². The summed E-state index contributed by atoms with van der Waals surface area (Å²) < 4.78 is 0. The van der Waals surface area contributed by atoms with E-state index in [0.29, 0.717) is 0 Å². The van der Waals surface area contributed by atoms with Crippen molar-refractivity contribution in [2.45, 2.75) is 63.9 Å². The van der Waals surface area contributed by atoms with Gasteiger partial charge in [0.05, 0.1) is 5.60 Å². The number of aliphatic hydroxyl groups is 1. The summed E-state index contributed by atoms with van der Waals surface area (Å²) in [5, 5.41) is 13.5. The van der Waals surface area contributed by atoms with Gasteiger partial charge in [-0.2, -0.15) is 0 Å². The second-order valence-electron chi connectivity index (χ2n) is 10.1. The molecule has 0 saturated heterocycles. The Hall–Kier alpha value is -2.06. The number of benzene rings is 1. The number of nitrogens with one attached hydrogen (secondary N) is 1. The van der Waals surface area contributed by atoms with Crippen LogP contribution in [0, 0.1) is 5.41 Å². The lowest BCUT2D eigenvalue weighted by molar-refractivity contribution is 0.00719. The standard InChI is InChI=1S/C25H29NO/c1-7-24(6)13-14-25(27)20-16(24)11-12-22(2,3)21-19(20)18-15(23(25,4)5)9-8-10-17(18)26-21/h7-12,26-27H,1,13-14H2,2-6H3. The first-order chi connectivity index (χ1) is 12.6. The number of hydrogen-bond donors (Lipinski definition) is 2. The van der Waals surface area contributed by atoms with Crippen molar-refractivity contribution < 1.29 is 5.11 Å². The Balaban J connectivity index is 2.07. The first kappa shape index (κ1) is 17.1. The first-order valence-electron chi connectivity index (χ1n) is 10.0. The molecule has 0 aliphatic heterocycles. The van der Waals surface area contributed by atoms with Crippen molar-refractivity contribution in [3.63, 3.8) is 0 Å². The molecular formula is C25H29NO. The van der Waals surface area contributed by atoms with Gasteiger partial charge in [0.15, 0.2) is 0 Å². The molecule has 2 atom stereocenters. The van der Waals surface area contributed by atoms with Gasteiger partial charge in [0.1, 0.15) is 0 Å². The van der Waals surface area contributed by atoms with Crippen LogP contribution in [0.15, 0.2) is 48.6 Å². The lowest BCUT2D eigenvalue weighted by Gasteiger charge is -2.54. The maximum atomic E-state index is 12.2.